The molecule has 1 aromatic heterocycles. The topological polar surface area (TPSA) is 48.1 Å². The first-order valence-electron chi connectivity index (χ1n) is 6.52. The second-order valence-corrected chi connectivity index (χ2v) is 5.73. The van der Waals surface area contributed by atoms with Crippen LogP contribution in [0.4, 0.5) is 0 Å². The SMILES string of the molecule is CN(C)C(CNC(=O)c1cc(Cl)c(Cl)[nH]1)c1ccccc1. The van der Waals surface area contributed by atoms with Crippen LogP contribution in [0.5, 0.6) is 0 Å². The lowest BCUT2D eigenvalue weighted by atomic mass is 10.1. The minimum Gasteiger partial charge on any atom is -0.349 e. The smallest absolute Gasteiger partial charge is 0.267 e. The molecule has 1 heterocycles. The average Bonchev–Trinajstić information content (AvgIpc) is 2.79. The molecule has 112 valence electrons. The third kappa shape index (κ3) is 4.00. The fraction of sp³-hybridized carbons (Fsp3) is 0.267. The maximum absolute atomic E-state index is 12.1. The molecule has 0 aliphatic rings. The number of carbonyl (C=O) groups excluding carboxylic acids is 1. The number of aromatic nitrogens is 1. The summed E-state index contributed by atoms with van der Waals surface area (Å²) < 4.78 is 0. The minimum atomic E-state index is -0.230. The molecule has 2 rings (SSSR count). The number of carbonyl (C=O) groups is 1. The first-order valence-corrected chi connectivity index (χ1v) is 7.28. The van der Waals surface area contributed by atoms with Gasteiger partial charge in [0.25, 0.3) is 5.91 Å². The third-order valence-corrected chi connectivity index (χ3v) is 3.93. The highest BCUT2D eigenvalue weighted by Crippen LogP contribution is 2.22. The largest absolute Gasteiger partial charge is 0.349 e. The normalized spacial score (nSPS) is 12.4. The van der Waals surface area contributed by atoms with Crippen molar-refractivity contribution in [1.82, 2.24) is 15.2 Å². The zero-order valence-corrected chi connectivity index (χ0v) is 13.4. The maximum atomic E-state index is 12.1. The molecule has 1 amide bonds. The van der Waals surface area contributed by atoms with Gasteiger partial charge >= 0.3 is 0 Å². The molecule has 0 spiro atoms. The van der Waals surface area contributed by atoms with Crippen LogP contribution in [-0.4, -0.2) is 36.4 Å². The van der Waals surface area contributed by atoms with Gasteiger partial charge in [0.05, 0.1) is 11.1 Å². The van der Waals surface area contributed by atoms with Crippen LogP contribution >= 0.6 is 23.2 Å². The summed E-state index contributed by atoms with van der Waals surface area (Å²) in [6.45, 7) is 0.490. The summed E-state index contributed by atoms with van der Waals surface area (Å²) in [5.41, 5.74) is 1.50. The molecule has 1 aromatic carbocycles. The molecule has 0 aliphatic carbocycles. The molecule has 0 aliphatic heterocycles. The van der Waals surface area contributed by atoms with Gasteiger partial charge in [-0.15, -0.1) is 0 Å². The number of likely N-dealkylation sites (N-methyl/N-ethyl adjacent to an activating group) is 1. The Morgan fingerprint density at radius 3 is 2.48 bits per heavy atom. The van der Waals surface area contributed by atoms with Crippen molar-refractivity contribution in [2.45, 2.75) is 6.04 Å². The van der Waals surface area contributed by atoms with E-state index in [4.69, 9.17) is 23.2 Å². The lowest BCUT2D eigenvalue weighted by Crippen LogP contribution is -2.34. The van der Waals surface area contributed by atoms with Gasteiger partial charge in [-0.25, -0.2) is 0 Å². The second-order valence-electron chi connectivity index (χ2n) is 4.95. The van der Waals surface area contributed by atoms with Gasteiger partial charge in [0.1, 0.15) is 10.8 Å². The van der Waals surface area contributed by atoms with Gasteiger partial charge in [-0.1, -0.05) is 53.5 Å². The summed E-state index contributed by atoms with van der Waals surface area (Å²) in [4.78, 5) is 16.9. The number of benzene rings is 1. The summed E-state index contributed by atoms with van der Waals surface area (Å²) in [5, 5.41) is 3.50. The highest BCUT2D eigenvalue weighted by molar-refractivity contribution is 6.41. The fourth-order valence-corrected chi connectivity index (χ4v) is 2.40. The van der Waals surface area contributed by atoms with Gasteiger partial charge in [-0.2, -0.15) is 0 Å². The van der Waals surface area contributed by atoms with Gasteiger partial charge in [0.2, 0.25) is 0 Å². The molecule has 2 N–H and O–H groups in total. The number of nitrogens with one attached hydrogen (secondary N) is 2. The molecule has 0 bridgehead atoms. The molecule has 4 nitrogen and oxygen atoms in total. The summed E-state index contributed by atoms with van der Waals surface area (Å²) in [7, 11) is 3.96. The highest BCUT2D eigenvalue weighted by atomic mass is 35.5. The molecule has 1 atom stereocenters. The van der Waals surface area contributed by atoms with Crippen LogP contribution in [0.2, 0.25) is 10.2 Å². The number of hydrogen-bond donors (Lipinski definition) is 2. The van der Waals surface area contributed by atoms with E-state index in [1.165, 1.54) is 6.07 Å². The Morgan fingerprint density at radius 1 is 1.29 bits per heavy atom. The summed E-state index contributed by atoms with van der Waals surface area (Å²) >= 11 is 11.6. The van der Waals surface area contributed by atoms with Crippen molar-refractivity contribution in [3.8, 4) is 0 Å². The summed E-state index contributed by atoms with van der Waals surface area (Å²) in [5.74, 6) is -0.230. The number of rotatable bonds is 5. The average molecular weight is 326 g/mol. The van der Waals surface area contributed by atoms with Gasteiger partial charge in [-0.3, -0.25) is 4.79 Å². The van der Waals surface area contributed by atoms with Crippen LogP contribution < -0.4 is 5.32 Å². The van der Waals surface area contributed by atoms with E-state index in [0.717, 1.165) is 5.56 Å². The Kier molecular flexibility index (Phi) is 5.28. The fourth-order valence-electron chi connectivity index (χ4n) is 2.08. The molecule has 6 heteroatoms. The standard InChI is InChI=1S/C15H17Cl2N3O/c1-20(2)13(10-6-4-3-5-7-10)9-18-15(21)12-8-11(16)14(17)19-12/h3-8,13,19H,9H2,1-2H3,(H,18,21). The monoisotopic (exact) mass is 325 g/mol. The van der Waals surface area contributed by atoms with Crippen LogP contribution in [0.1, 0.15) is 22.1 Å². The zero-order valence-electron chi connectivity index (χ0n) is 11.9. The van der Waals surface area contributed by atoms with Crippen molar-refractivity contribution in [1.29, 1.82) is 0 Å². The van der Waals surface area contributed by atoms with E-state index in [1.807, 2.05) is 44.4 Å². The second kappa shape index (κ2) is 6.98. The van der Waals surface area contributed by atoms with E-state index < -0.39 is 0 Å². The number of amides is 1. The third-order valence-electron chi connectivity index (χ3n) is 3.23. The van der Waals surface area contributed by atoms with E-state index in [2.05, 4.69) is 15.2 Å². The van der Waals surface area contributed by atoms with Crippen LogP contribution in [0.25, 0.3) is 0 Å². The Bertz CT molecular complexity index is 591. The first kappa shape index (κ1) is 15.9. The molecule has 0 saturated carbocycles. The lowest BCUT2D eigenvalue weighted by Gasteiger charge is -2.25. The van der Waals surface area contributed by atoms with Crippen molar-refractivity contribution in [3.63, 3.8) is 0 Å². The van der Waals surface area contributed by atoms with E-state index >= 15 is 0 Å². The number of H-pyrrole nitrogens is 1. The Hall–Kier alpha value is -1.49. The quantitative estimate of drug-likeness (QED) is 0.885. The maximum Gasteiger partial charge on any atom is 0.267 e. The molecule has 0 fully saturated rings. The predicted molar refractivity (Wildman–Crippen MR) is 86.0 cm³/mol. The molecular weight excluding hydrogens is 309 g/mol. The van der Waals surface area contributed by atoms with E-state index in [9.17, 15) is 4.79 Å². The zero-order chi connectivity index (χ0) is 15.4. The van der Waals surface area contributed by atoms with E-state index in [-0.39, 0.29) is 17.1 Å². The highest BCUT2D eigenvalue weighted by Gasteiger charge is 2.17. The predicted octanol–water partition coefficient (Wildman–Crippen LogP) is 3.35. The minimum absolute atomic E-state index is 0.0936. The number of aromatic amines is 1. The lowest BCUT2D eigenvalue weighted by molar-refractivity contribution is 0.0937. The Balaban J connectivity index is 2.04. The van der Waals surface area contributed by atoms with Crippen molar-refractivity contribution in [2.24, 2.45) is 0 Å². The molecule has 1 unspecified atom stereocenters. The molecule has 0 saturated heterocycles. The van der Waals surface area contributed by atoms with Crippen LogP contribution in [0.15, 0.2) is 36.4 Å². The van der Waals surface area contributed by atoms with E-state index in [0.29, 0.717) is 17.3 Å². The van der Waals surface area contributed by atoms with Gasteiger partial charge in [0, 0.05) is 6.54 Å². The van der Waals surface area contributed by atoms with Gasteiger partial charge in [0.15, 0.2) is 0 Å². The van der Waals surface area contributed by atoms with Crippen LogP contribution in [0, 0.1) is 0 Å². The van der Waals surface area contributed by atoms with E-state index in [1.54, 1.807) is 0 Å². The Morgan fingerprint density at radius 2 is 1.95 bits per heavy atom. The van der Waals surface area contributed by atoms with Crippen molar-refractivity contribution >= 4 is 29.1 Å². The molecule has 21 heavy (non-hydrogen) atoms. The number of nitrogens with zero attached hydrogens (tertiary/aromatic N) is 1. The van der Waals surface area contributed by atoms with Gasteiger partial charge in [-0.05, 0) is 25.7 Å². The van der Waals surface area contributed by atoms with Crippen LogP contribution in [-0.2, 0) is 0 Å². The molecular formula is C15H17Cl2N3O. The van der Waals surface area contributed by atoms with Crippen molar-refractivity contribution < 1.29 is 4.79 Å². The summed E-state index contributed by atoms with van der Waals surface area (Å²) in [6.07, 6.45) is 0. The molecule has 2 aromatic rings. The Labute approximate surface area is 134 Å². The van der Waals surface area contributed by atoms with Crippen LogP contribution in [0.3, 0.4) is 0 Å². The summed E-state index contributed by atoms with van der Waals surface area (Å²) in [6, 6.07) is 11.6. The first-order chi connectivity index (χ1) is 9.99. The van der Waals surface area contributed by atoms with Crippen molar-refractivity contribution in [2.75, 3.05) is 20.6 Å². The van der Waals surface area contributed by atoms with Gasteiger partial charge < -0.3 is 15.2 Å². The van der Waals surface area contributed by atoms with Crippen molar-refractivity contribution in [3.05, 3.63) is 57.8 Å². The number of halogens is 2. The molecule has 0 radical (unpaired) electrons. The number of hydrogen-bond acceptors (Lipinski definition) is 2.